The van der Waals surface area contributed by atoms with Crippen molar-refractivity contribution in [1.82, 2.24) is 9.80 Å². The molecule has 34 heavy (non-hydrogen) atoms. The van der Waals surface area contributed by atoms with Crippen LogP contribution in [-0.4, -0.2) is 89.1 Å². The number of thioether (sulfide) groups is 1. The minimum atomic E-state index is -0.835. The van der Waals surface area contributed by atoms with Gasteiger partial charge in [0.1, 0.15) is 11.8 Å². The molecular weight excluding hydrogens is 454 g/mol. The molecule has 1 aromatic rings. The summed E-state index contributed by atoms with van der Waals surface area (Å²) in [6.45, 7) is 1.08. The zero-order valence-electron chi connectivity index (χ0n) is 19.3. The van der Waals surface area contributed by atoms with E-state index < -0.39 is 22.6 Å². The number of aliphatic hydroxyl groups is 1. The molecule has 9 heteroatoms. The molecule has 4 heterocycles. The Morgan fingerprint density at radius 2 is 1.85 bits per heavy atom. The van der Waals surface area contributed by atoms with Crippen molar-refractivity contribution in [3.8, 4) is 5.75 Å². The number of likely N-dealkylation sites (tertiary alicyclic amines) is 1. The van der Waals surface area contributed by atoms with Crippen LogP contribution in [0, 0.1) is 11.8 Å². The third-order valence-corrected chi connectivity index (χ3v) is 9.05. The van der Waals surface area contributed by atoms with Crippen LogP contribution in [0.5, 0.6) is 5.75 Å². The number of methoxy groups -OCH3 is 1. The van der Waals surface area contributed by atoms with Gasteiger partial charge in [-0.05, 0) is 30.7 Å². The Bertz CT molecular complexity index is 1060. The summed E-state index contributed by atoms with van der Waals surface area (Å²) in [5.41, 5.74) is 0.721. The highest BCUT2D eigenvalue weighted by Gasteiger charge is 2.70. The van der Waals surface area contributed by atoms with Crippen molar-refractivity contribution >= 4 is 35.2 Å². The van der Waals surface area contributed by atoms with Crippen LogP contribution in [0.2, 0.25) is 0 Å². The number of nitrogens with zero attached hydrogens (tertiary/aromatic N) is 3. The average molecular weight is 484 g/mol. The van der Waals surface area contributed by atoms with E-state index >= 15 is 0 Å². The lowest BCUT2D eigenvalue weighted by atomic mass is 9.78. The van der Waals surface area contributed by atoms with Crippen LogP contribution in [0.15, 0.2) is 48.6 Å². The fourth-order valence-electron chi connectivity index (χ4n) is 5.74. The Morgan fingerprint density at radius 3 is 2.56 bits per heavy atom. The molecular formula is C25H29N3O5S. The van der Waals surface area contributed by atoms with E-state index in [2.05, 4.69) is 0 Å². The Labute approximate surface area is 203 Å². The number of benzene rings is 1. The molecule has 3 amide bonds. The highest BCUT2D eigenvalue weighted by Crippen LogP contribution is 2.61. The van der Waals surface area contributed by atoms with E-state index in [0.29, 0.717) is 25.3 Å². The summed E-state index contributed by atoms with van der Waals surface area (Å²) in [4.78, 5) is 46.3. The summed E-state index contributed by atoms with van der Waals surface area (Å²) in [6.07, 6.45) is 8.32. The number of carbonyl (C=O) groups excluding carboxylic acids is 3. The average Bonchev–Trinajstić information content (AvgIpc) is 3.16. The molecule has 0 saturated carbocycles. The first kappa shape index (κ1) is 23.0. The van der Waals surface area contributed by atoms with Gasteiger partial charge in [0.15, 0.2) is 0 Å². The molecule has 0 radical (unpaired) electrons. The van der Waals surface area contributed by atoms with Crippen molar-refractivity contribution in [2.24, 2.45) is 11.8 Å². The number of ether oxygens (including phenoxy) is 1. The van der Waals surface area contributed by atoms with E-state index in [9.17, 15) is 19.5 Å². The van der Waals surface area contributed by atoms with Crippen molar-refractivity contribution in [2.75, 3.05) is 45.3 Å². The molecule has 4 aliphatic rings. The lowest BCUT2D eigenvalue weighted by Gasteiger charge is -2.35. The van der Waals surface area contributed by atoms with Crippen LogP contribution in [0.3, 0.4) is 0 Å². The number of aliphatic hydroxyl groups excluding tert-OH is 1. The molecule has 4 aliphatic heterocycles. The molecule has 0 bridgehead atoms. The number of likely N-dealkylation sites (N-methyl/N-ethyl adjacent to an activating group) is 1. The monoisotopic (exact) mass is 483 g/mol. The smallest absolute Gasteiger partial charge is 0.251 e. The number of hydrogen-bond acceptors (Lipinski definition) is 6. The summed E-state index contributed by atoms with van der Waals surface area (Å²) in [5, 5.41) is 9.31. The van der Waals surface area contributed by atoms with Crippen LogP contribution >= 0.6 is 11.8 Å². The molecule has 2 fully saturated rings. The van der Waals surface area contributed by atoms with Crippen LogP contribution in [-0.2, 0) is 14.4 Å². The van der Waals surface area contributed by atoms with E-state index in [0.717, 1.165) is 5.69 Å². The van der Waals surface area contributed by atoms with Gasteiger partial charge in [0.25, 0.3) is 5.91 Å². The maximum atomic E-state index is 14.1. The Morgan fingerprint density at radius 1 is 1.09 bits per heavy atom. The van der Waals surface area contributed by atoms with Gasteiger partial charge in [-0.15, -0.1) is 11.8 Å². The van der Waals surface area contributed by atoms with Crippen LogP contribution in [0.4, 0.5) is 5.69 Å². The third kappa shape index (κ3) is 3.36. The maximum absolute atomic E-state index is 14.1. The molecule has 5 rings (SSSR count). The number of carbonyl (C=O) groups is 3. The van der Waals surface area contributed by atoms with Gasteiger partial charge >= 0.3 is 0 Å². The van der Waals surface area contributed by atoms with Crippen molar-refractivity contribution in [1.29, 1.82) is 0 Å². The van der Waals surface area contributed by atoms with Crippen molar-refractivity contribution in [3.05, 3.63) is 48.6 Å². The van der Waals surface area contributed by atoms with Gasteiger partial charge in [-0.25, -0.2) is 0 Å². The zero-order chi connectivity index (χ0) is 24.0. The van der Waals surface area contributed by atoms with Gasteiger partial charge in [-0.2, -0.15) is 0 Å². The minimum Gasteiger partial charge on any atom is -0.497 e. The molecule has 1 N–H and O–H groups in total. The Hall–Kier alpha value is -2.78. The number of anilines is 1. The fourth-order valence-corrected chi connectivity index (χ4v) is 7.75. The lowest BCUT2D eigenvalue weighted by Crippen LogP contribution is -2.53. The van der Waals surface area contributed by atoms with Crippen molar-refractivity contribution in [2.45, 2.75) is 22.5 Å². The number of hydrogen-bond donors (Lipinski definition) is 1. The molecule has 1 aromatic carbocycles. The topological polar surface area (TPSA) is 90.4 Å². The second-order valence-electron chi connectivity index (χ2n) is 9.15. The molecule has 8 nitrogen and oxygen atoms in total. The van der Waals surface area contributed by atoms with Gasteiger partial charge in [0.2, 0.25) is 11.8 Å². The predicted octanol–water partition coefficient (Wildman–Crippen LogP) is 1.31. The summed E-state index contributed by atoms with van der Waals surface area (Å²) in [5.74, 6) is -0.854. The first-order chi connectivity index (χ1) is 16.4. The maximum Gasteiger partial charge on any atom is 0.251 e. The molecule has 2 saturated heterocycles. The highest BCUT2D eigenvalue weighted by molar-refractivity contribution is 8.02. The van der Waals surface area contributed by atoms with E-state index in [-0.39, 0.29) is 36.1 Å². The molecule has 0 aliphatic carbocycles. The fraction of sp³-hybridized carbons (Fsp3) is 0.480. The summed E-state index contributed by atoms with van der Waals surface area (Å²) in [7, 11) is 3.35. The second-order valence-corrected chi connectivity index (χ2v) is 10.6. The summed E-state index contributed by atoms with van der Waals surface area (Å²) < 4.78 is 4.42. The highest BCUT2D eigenvalue weighted by atomic mass is 32.2. The third-order valence-electron chi connectivity index (χ3n) is 7.30. The number of amides is 3. The first-order valence-electron chi connectivity index (χ1n) is 11.6. The van der Waals surface area contributed by atoms with Gasteiger partial charge in [-0.1, -0.05) is 24.3 Å². The molecule has 5 atom stereocenters. The lowest BCUT2D eigenvalue weighted by molar-refractivity contribution is -0.142. The molecule has 1 spiro atoms. The molecule has 180 valence electrons. The van der Waals surface area contributed by atoms with Crippen LogP contribution in [0.25, 0.3) is 0 Å². The van der Waals surface area contributed by atoms with E-state index in [1.807, 2.05) is 36.4 Å². The molecule has 1 unspecified atom stereocenters. The van der Waals surface area contributed by atoms with Gasteiger partial charge < -0.3 is 24.5 Å². The zero-order valence-corrected chi connectivity index (χ0v) is 20.1. The second kappa shape index (κ2) is 8.78. The van der Waals surface area contributed by atoms with Crippen molar-refractivity contribution in [3.63, 3.8) is 0 Å². The standard InChI is InChI=1S/C25H29N3O5S/c1-26-12-3-6-18-19(22(26)30)20-23(31)28(14-5-15-29)21-24(32)27(13-4-11-25(20,21)34-18)16-7-9-17(33-2)10-8-16/h3-4,6-11,18-21,29H,5,12-15H2,1-2H3/t18-,19+,20+,21?,25+/m1/s1. The van der Waals surface area contributed by atoms with Gasteiger partial charge in [0, 0.05) is 44.2 Å². The quantitative estimate of drug-likeness (QED) is 0.635. The van der Waals surface area contributed by atoms with E-state index in [1.54, 1.807) is 52.8 Å². The number of rotatable bonds is 5. The molecule has 0 aromatic heterocycles. The van der Waals surface area contributed by atoms with Crippen LogP contribution < -0.4 is 9.64 Å². The summed E-state index contributed by atoms with van der Waals surface area (Å²) >= 11 is 1.56. The summed E-state index contributed by atoms with van der Waals surface area (Å²) in [6, 6.07) is 6.53. The normalized spacial score (nSPS) is 32.4. The minimum absolute atomic E-state index is 0.0578. The number of fused-ring (bicyclic) bond motifs is 2. The predicted molar refractivity (Wildman–Crippen MR) is 130 cm³/mol. The Balaban J connectivity index is 1.59. The first-order valence-corrected chi connectivity index (χ1v) is 12.4. The van der Waals surface area contributed by atoms with Gasteiger partial charge in [-0.3, -0.25) is 14.4 Å². The van der Waals surface area contributed by atoms with Gasteiger partial charge in [0.05, 0.1) is 23.7 Å². The van der Waals surface area contributed by atoms with E-state index in [1.165, 1.54) is 0 Å². The van der Waals surface area contributed by atoms with E-state index in [4.69, 9.17) is 4.74 Å². The largest absolute Gasteiger partial charge is 0.497 e. The Kier molecular flexibility index (Phi) is 5.93. The van der Waals surface area contributed by atoms with Crippen LogP contribution in [0.1, 0.15) is 6.42 Å². The van der Waals surface area contributed by atoms with Crippen molar-refractivity contribution < 1.29 is 24.2 Å². The SMILES string of the molecule is COc1ccc(N2CC=C[C@]34S[C@@H]5C=CCN(C)C(=O)[C@@H]5[C@H]3C(=O)N(CCCO)C4C2=O)cc1.